The van der Waals surface area contributed by atoms with Crippen LogP contribution in [0.3, 0.4) is 0 Å². The molecule has 0 radical (unpaired) electrons. The van der Waals surface area contributed by atoms with Crippen molar-refractivity contribution in [2.45, 2.75) is 24.9 Å². The van der Waals surface area contributed by atoms with Gasteiger partial charge in [-0.2, -0.15) is 5.26 Å². The largest absolute Gasteiger partial charge is 0.373 e. The van der Waals surface area contributed by atoms with Crippen LogP contribution in [0.5, 0.6) is 0 Å². The highest BCUT2D eigenvalue weighted by atomic mass is 16.5. The molecule has 2 heterocycles. The highest BCUT2D eigenvalue weighted by molar-refractivity contribution is 5.05. The molecule has 72 valence electrons. The lowest BCUT2D eigenvalue weighted by Crippen LogP contribution is -2.46. The zero-order valence-corrected chi connectivity index (χ0v) is 8.12. The summed E-state index contributed by atoms with van der Waals surface area (Å²) in [6.45, 7) is 2.91. The van der Waals surface area contributed by atoms with E-state index in [0.717, 1.165) is 39.0 Å². The number of nitriles is 1. The molecule has 3 heteroatoms. The Bertz CT molecular complexity index is 226. The molecule has 2 rings (SSSR count). The third kappa shape index (κ3) is 1.45. The van der Waals surface area contributed by atoms with Crippen LogP contribution in [0.4, 0.5) is 0 Å². The van der Waals surface area contributed by atoms with E-state index >= 15 is 0 Å². The van der Waals surface area contributed by atoms with Crippen molar-refractivity contribution in [3.05, 3.63) is 0 Å². The summed E-state index contributed by atoms with van der Waals surface area (Å²) < 4.78 is 5.78. The molecule has 0 aromatic heterocycles. The van der Waals surface area contributed by atoms with Crippen LogP contribution in [0.25, 0.3) is 0 Å². The summed E-state index contributed by atoms with van der Waals surface area (Å²) in [6.07, 6.45) is 2.99. The van der Waals surface area contributed by atoms with Gasteiger partial charge in [-0.25, -0.2) is 0 Å². The van der Waals surface area contributed by atoms with Gasteiger partial charge in [0, 0.05) is 19.7 Å². The average molecular weight is 180 g/mol. The van der Waals surface area contributed by atoms with Gasteiger partial charge < -0.3 is 9.64 Å². The number of hydrogen-bond donors (Lipinski definition) is 0. The Morgan fingerprint density at radius 1 is 1.46 bits per heavy atom. The minimum absolute atomic E-state index is 0.0821. The smallest absolute Gasteiger partial charge is 0.0865 e. The van der Waals surface area contributed by atoms with Crippen LogP contribution in [0, 0.1) is 17.2 Å². The second kappa shape index (κ2) is 3.28. The predicted molar refractivity (Wildman–Crippen MR) is 49.1 cm³/mol. The van der Waals surface area contributed by atoms with Crippen LogP contribution in [0.1, 0.15) is 19.3 Å². The van der Waals surface area contributed by atoms with Crippen molar-refractivity contribution >= 4 is 0 Å². The maximum Gasteiger partial charge on any atom is 0.0865 e. The first-order valence-corrected chi connectivity index (χ1v) is 4.99. The van der Waals surface area contributed by atoms with Crippen LogP contribution < -0.4 is 0 Å². The van der Waals surface area contributed by atoms with E-state index in [1.165, 1.54) is 0 Å². The van der Waals surface area contributed by atoms with Crippen molar-refractivity contribution in [1.82, 2.24) is 4.90 Å². The van der Waals surface area contributed by atoms with Crippen molar-refractivity contribution in [2.75, 3.05) is 26.7 Å². The molecule has 2 aliphatic heterocycles. The molecule has 2 fully saturated rings. The van der Waals surface area contributed by atoms with Gasteiger partial charge in [0.15, 0.2) is 0 Å². The quantitative estimate of drug-likeness (QED) is 0.558. The summed E-state index contributed by atoms with van der Waals surface area (Å²) in [5.74, 6) is 0.140. The molecule has 3 nitrogen and oxygen atoms in total. The Morgan fingerprint density at radius 3 is 2.77 bits per heavy atom. The second-order valence-corrected chi connectivity index (χ2v) is 4.19. The Morgan fingerprint density at radius 2 is 2.15 bits per heavy atom. The number of rotatable bonds is 0. The zero-order valence-electron chi connectivity index (χ0n) is 8.12. The average Bonchev–Trinajstić information content (AvgIpc) is 2.54. The minimum Gasteiger partial charge on any atom is -0.373 e. The molecule has 13 heavy (non-hydrogen) atoms. The van der Waals surface area contributed by atoms with Gasteiger partial charge in [-0.1, -0.05) is 0 Å². The van der Waals surface area contributed by atoms with Crippen LogP contribution >= 0.6 is 0 Å². The van der Waals surface area contributed by atoms with E-state index in [2.05, 4.69) is 18.0 Å². The normalized spacial score (nSPS) is 33.4. The summed E-state index contributed by atoms with van der Waals surface area (Å²) in [5, 5.41) is 9.01. The first-order valence-electron chi connectivity index (χ1n) is 4.99. The molecule has 2 aliphatic rings. The van der Waals surface area contributed by atoms with E-state index in [0.29, 0.717) is 0 Å². The summed E-state index contributed by atoms with van der Waals surface area (Å²) in [5.41, 5.74) is -0.0821. The topological polar surface area (TPSA) is 36.3 Å². The van der Waals surface area contributed by atoms with Crippen LogP contribution in [-0.4, -0.2) is 37.2 Å². The van der Waals surface area contributed by atoms with E-state index in [1.54, 1.807) is 0 Å². The fourth-order valence-corrected chi connectivity index (χ4v) is 2.42. The lowest BCUT2D eigenvalue weighted by Gasteiger charge is -2.38. The molecule has 0 amide bonds. The van der Waals surface area contributed by atoms with Gasteiger partial charge >= 0.3 is 0 Å². The summed E-state index contributed by atoms with van der Waals surface area (Å²) in [7, 11) is 2.13. The van der Waals surface area contributed by atoms with Crippen molar-refractivity contribution in [3.8, 4) is 6.07 Å². The van der Waals surface area contributed by atoms with Crippen LogP contribution in [0.2, 0.25) is 0 Å². The molecule has 0 saturated carbocycles. The van der Waals surface area contributed by atoms with Gasteiger partial charge in [0.1, 0.15) is 0 Å². The molecule has 1 unspecified atom stereocenters. The third-order valence-electron chi connectivity index (χ3n) is 3.42. The van der Waals surface area contributed by atoms with E-state index in [1.807, 2.05) is 0 Å². The summed E-state index contributed by atoms with van der Waals surface area (Å²) >= 11 is 0. The maximum atomic E-state index is 9.01. The molecule has 0 N–H and O–H groups in total. The fraction of sp³-hybridized carbons (Fsp3) is 0.900. The van der Waals surface area contributed by atoms with Gasteiger partial charge in [-0.05, 0) is 26.3 Å². The summed E-state index contributed by atoms with van der Waals surface area (Å²) in [4.78, 5) is 2.31. The lowest BCUT2D eigenvalue weighted by atomic mass is 9.80. The number of likely N-dealkylation sites (tertiary alicyclic amines) is 1. The molecule has 0 aromatic rings. The second-order valence-electron chi connectivity index (χ2n) is 4.19. The van der Waals surface area contributed by atoms with Crippen LogP contribution in [-0.2, 0) is 4.74 Å². The lowest BCUT2D eigenvalue weighted by molar-refractivity contribution is -0.0527. The molecular weight excluding hydrogens is 164 g/mol. The van der Waals surface area contributed by atoms with Crippen LogP contribution in [0.15, 0.2) is 0 Å². The van der Waals surface area contributed by atoms with Gasteiger partial charge in [-0.15, -0.1) is 0 Å². The first kappa shape index (κ1) is 8.98. The highest BCUT2D eigenvalue weighted by Gasteiger charge is 2.45. The van der Waals surface area contributed by atoms with E-state index in [9.17, 15) is 0 Å². The van der Waals surface area contributed by atoms with Crippen molar-refractivity contribution < 1.29 is 4.74 Å². The Labute approximate surface area is 79.3 Å². The Kier molecular flexibility index (Phi) is 2.27. The standard InChI is InChI=1S/C10H16N2O/c1-12-5-3-10(4-6-12)9(8-11)2-7-13-10/h9H,2-7H2,1H3. The minimum atomic E-state index is -0.0821. The van der Waals surface area contributed by atoms with Crippen molar-refractivity contribution in [1.29, 1.82) is 5.26 Å². The molecule has 0 aliphatic carbocycles. The molecular formula is C10H16N2O. The van der Waals surface area contributed by atoms with E-state index in [-0.39, 0.29) is 11.5 Å². The van der Waals surface area contributed by atoms with Gasteiger partial charge in [-0.3, -0.25) is 0 Å². The zero-order chi connectivity index (χ0) is 9.31. The highest BCUT2D eigenvalue weighted by Crippen LogP contribution is 2.39. The fourth-order valence-electron chi connectivity index (χ4n) is 2.42. The maximum absolute atomic E-state index is 9.01. The molecule has 0 bridgehead atoms. The number of ether oxygens (including phenoxy) is 1. The SMILES string of the molecule is CN1CCC2(CC1)OCCC2C#N. The monoisotopic (exact) mass is 180 g/mol. The number of piperidine rings is 1. The molecule has 0 aromatic carbocycles. The molecule has 1 atom stereocenters. The summed E-state index contributed by atoms with van der Waals surface area (Å²) in [6, 6.07) is 2.40. The first-order chi connectivity index (χ1) is 6.27. The van der Waals surface area contributed by atoms with E-state index < -0.39 is 0 Å². The number of nitrogens with zero attached hydrogens (tertiary/aromatic N) is 2. The van der Waals surface area contributed by atoms with Gasteiger partial charge in [0.2, 0.25) is 0 Å². The van der Waals surface area contributed by atoms with Gasteiger partial charge in [0.25, 0.3) is 0 Å². The molecule has 1 spiro atoms. The van der Waals surface area contributed by atoms with Crippen molar-refractivity contribution in [3.63, 3.8) is 0 Å². The third-order valence-corrected chi connectivity index (χ3v) is 3.42. The Hall–Kier alpha value is -0.590. The Balaban J connectivity index is 2.08. The number of hydrogen-bond acceptors (Lipinski definition) is 3. The van der Waals surface area contributed by atoms with Gasteiger partial charge in [0.05, 0.1) is 17.6 Å². The van der Waals surface area contributed by atoms with Crippen molar-refractivity contribution in [2.24, 2.45) is 5.92 Å². The predicted octanol–water partition coefficient (Wildman–Crippen LogP) is 1.01. The molecule has 2 saturated heterocycles. The van der Waals surface area contributed by atoms with E-state index in [4.69, 9.17) is 10.00 Å².